The smallest absolute Gasteiger partial charge is 0.205 e. The summed E-state index contributed by atoms with van der Waals surface area (Å²) in [5, 5.41) is 48.0. The van der Waals surface area contributed by atoms with E-state index >= 15 is 0 Å². The van der Waals surface area contributed by atoms with Crippen LogP contribution in [0.25, 0.3) is 0 Å². The first-order chi connectivity index (χ1) is 8.74. The van der Waals surface area contributed by atoms with Crippen LogP contribution in [-0.4, -0.2) is 42.7 Å². The zero-order valence-corrected chi connectivity index (χ0v) is 9.97. The molecule has 1 aliphatic carbocycles. The van der Waals surface area contributed by atoms with Crippen LogP contribution in [0, 0.1) is 0 Å². The monoisotopic (exact) mass is 268 g/mol. The SMILES string of the molecule is CCC1(O)CC(=O)c2c(O)c(O)c(O)c(O)c2C1=O. The Labute approximate surface area is 107 Å². The molecule has 0 saturated heterocycles. The van der Waals surface area contributed by atoms with Gasteiger partial charge in [0.05, 0.1) is 11.1 Å². The van der Waals surface area contributed by atoms with Crippen LogP contribution >= 0.6 is 0 Å². The summed E-state index contributed by atoms with van der Waals surface area (Å²) in [4.78, 5) is 24.0. The van der Waals surface area contributed by atoms with Gasteiger partial charge in [-0.05, 0) is 6.42 Å². The molecule has 1 aliphatic rings. The quantitative estimate of drug-likeness (QED) is 0.368. The van der Waals surface area contributed by atoms with Gasteiger partial charge in [-0.2, -0.15) is 0 Å². The maximum Gasteiger partial charge on any atom is 0.205 e. The highest BCUT2D eigenvalue weighted by molar-refractivity contribution is 6.21. The second-order valence-corrected chi connectivity index (χ2v) is 4.46. The first-order valence-electron chi connectivity index (χ1n) is 5.54. The van der Waals surface area contributed by atoms with E-state index in [-0.39, 0.29) is 6.42 Å². The molecule has 7 heteroatoms. The van der Waals surface area contributed by atoms with Crippen molar-refractivity contribution < 1.29 is 35.1 Å². The Bertz CT molecular complexity index is 605. The number of ketones is 2. The van der Waals surface area contributed by atoms with E-state index in [1.54, 1.807) is 0 Å². The predicted octanol–water partition coefficient (Wildman–Crippen LogP) is 0.419. The Kier molecular flexibility index (Phi) is 2.67. The van der Waals surface area contributed by atoms with Crippen molar-refractivity contribution in [1.29, 1.82) is 0 Å². The van der Waals surface area contributed by atoms with Gasteiger partial charge < -0.3 is 25.5 Å². The molecule has 1 aromatic rings. The summed E-state index contributed by atoms with van der Waals surface area (Å²) >= 11 is 0. The topological polar surface area (TPSA) is 135 Å². The number of phenolic OH excluding ortho intramolecular Hbond substituents is 4. The normalized spacial score (nSPS) is 22.4. The summed E-state index contributed by atoms with van der Waals surface area (Å²) < 4.78 is 0. The second kappa shape index (κ2) is 3.86. The van der Waals surface area contributed by atoms with Gasteiger partial charge in [0.15, 0.2) is 23.1 Å². The van der Waals surface area contributed by atoms with E-state index in [1.807, 2.05) is 0 Å². The average molecular weight is 268 g/mol. The van der Waals surface area contributed by atoms with Crippen LogP contribution in [-0.2, 0) is 0 Å². The van der Waals surface area contributed by atoms with Crippen molar-refractivity contribution in [2.24, 2.45) is 0 Å². The van der Waals surface area contributed by atoms with E-state index in [4.69, 9.17) is 0 Å². The molecule has 0 heterocycles. The molecule has 5 N–H and O–H groups in total. The number of carbonyl (C=O) groups is 2. The molecule has 19 heavy (non-hydrogen) atoms. The molecule has 0 bridgehead atoms. The van der Waals surface area contributed by atoms with Crippen molar-refractivity contribution in [1.82, 2.24) is 0 Å². The fourth-order valence-corrected chi connectivity index (χ4v) is 2.14. The zero-order valence-electron chi connectivity index (χ0n) is 9.97. The lowest BCUT2D eigenvalue weighted by Gasteiger charge is -2.30. The standard InChI is InChI=1S/C12H12O7/c1-2-12(19)3-4(13)5-6(11(12)18)8(15)10(17)9(16)7(5)14/h14-17,19H,2-3H2,1H3. The van der Waals surface area contributed by atoms with Gasteiger partial charge in [-0.1, -0.05) is 6.92 Å². The third kappa shape index (κ3) is 1.55. The summed E-state index contributed by atoms with van der Waals surface area (Å²) in [6.07, 6.45) is -0.634. The van der Waals surface area contributed by atoms with Crippen molar-refractivity contribution in [3.05, 3.63) is 11.1 Å². The zero-order chi connectivity index (χ0) is 14.5. The number of Topliss-reactive ketones (excluding diaryl/α,β-unsaturated/α-hetero) is 2. The van der Waals surface area contributed by atoms with Gasteiger partial charge in [0.25, 0.3) is 0 Å². The van der Waals surface area contributed by atoms with Crippen LogP contribution in [0.1, 0.15) is 40.5 Å². The third-order valence-corrected chi connectivity index (χ3v) is 3.36. The molecule has 0 aliphatic heterocycles. The van der Waals surface area contributed by atoms with E-state index in [2.05, 4.69) is 0 Å². The fraction of sp³-hybridized carbons (Fsp3) is 0.333. The number of benzene rings is 1. The molecule has 2 rings (SSSR count). The van der Waals surface area contributed by atoms with E-state index in [9.17, 15) is 35.1 Å². The summed E-state index contributed by atoms with van der Waals surface area (Å²) in [5.74, 6) is -6.00. The van der Waals surface area contributed by atoms with E-state index in [0.717, 1.165) is 0 Å². The summed E-state index contributed by atoms with van der Waals surface area (Å²) in [6.45, 7) is 1.48. The van der Waals surface area contributed by atoms with E-state index in [1.165, 1.54) is 6.92 Å². The highest BCUT2D eigenvalue weighted by Gasteiger charge is 2.47. The molecule has 1 aromatic carbocycles. The fourth-order valence-electron chi connectivity index (χ4n) is 2.14. The Hall–Kier alpha value is -2.28. The molecule has 0 spiro atoms. The van der Waals surface area contributed by atoms with Crippen molar-refractivity contribution >= 4 is 11.6 Å². The van der Waals surface area contributed by atoms with Crippen LogP contribution in [0.3, 0.4) is 0 Å². The molecule has 0 saturated carbocycles. The van der Waals surface area contributed by atoms with Gasteiger partial charge in [0.2, 0.25) is 11.5 Å². The number of aliphatic hydroxyl groups is 1. The lowest BCUT2D eigenvalue weighted by atomic mass is 9.76. The first-order valence-corrected chi connectivity index (χ1v) is 5.54. The maximum atomic E-state index is 12.1. The second-order valence-electron chi connectivity index (χ2n) is 4.46. The average Bonchev–Trinajstić information content (AvgIpc) is 2.37. The van der Waals surface area contributed by atoms with Crippen molar-refractivity contribution in [3.63, 3.8) is 0 Å². The number of fused-ring (bicyclic) bond motifs is 1. The molecular formula is C12H12O7. The summed E-state index contributed by atoms with van der Waals surface area (Å²) in [5.41, 5.74) is -3.25. The van der Waals surface area contributed by atoms with Crippen molar-refractivity contribution in [2.75, 3.05) is 0 Å². The molecule has 0 radical (unpaired) electrons. The maximum absolute atomic E-state index is 12.1. The van der Waals surface area contributed by atoms with E-state index < -0.39 is 57.7 Å². The largest absolute Gasteiger partial charge is 0.504 e. The number of phenols is 4. The predicted molar refractivity (Wildman–Crippen MR) is 61.6 cm³/mol. The van der Waals surface area contributed by atoms with Gasteiger partial charge in [-0.15, -0.1) is 0 Å². The van der Waals surface area contributed by atoms with Crippen LogP contribution in [0.5, 0.6) is 23.0 Å². The van der Waals surface area contributed by atoms with Gasteiger partial charge in [-0.25, -0.2) is 0 Å². The number of hydrogen-bond donors (Lipinski definition) is 5. The number of rotatable bonds is 1. The number of aromatic hydroxyl groups is 4. The lowest BCUT2D eigenvalue weighted by Crippen LogP contribution is -2.44. The molecular weight excluding hydrogens is 256 g/mol. The minimum absolute atomic E-state index is 0.0706. The Morgan fingerprint density at radius 2 is 1.42 bits per heavy atom. The minimum Gasteiger partial charge on any atom is -0.504 e. The Balaban J connectivity index is 2.85. The van der Waals surface area contributed by atoms with Crippen LogP contribution in [0.4, 0.5) is 0 Å². The molecule has 0 fully saturated rings. The van der Waals surface area contributed by atoms with Crippen molar-refractivity contribution in [3.8, 4) is 23.0 Å². The minimum atomic E-state index is -1.99. The Morgan fingerprint density at radius 1 is 0.947 bits per heavy atom. The molecule has 1 unspecified atom stereocenters. The van der Waals surface area contributed by atoms with Crippen LogP contribution in [0.15, 0.2) is 0 Å². The Morgan fingerprint density at radius 3 is 1.89 bits per heavy atom. The van der Waals surface area contributed by atoms with E-state index in [0.29, 0.717) is 0 Å². The van der Waals surface area contributed by atoms with Crippen LogP contribution in [0.2, 0.25) is 0 Å². The van der Waals surface area contributed by atoms with Gasteiger partial charge in [0, 0.05) is 6.42 Å². The number of carbonyl (C=O) groups excluding carboxylic acids is 2. The molecule has 1 atom stereocenters. The highest BCUT2D eigenvalue weighted by atomic mass is 16.3. The molecule has 0 aromatic heterocycles. The molecule has 7 nitrogen and oxygen atoms in total. The summed E-state index contributed by atoms with van der Waals surface area (Å²) in [7, 11) is 0. The molecule has 102 valence electrons. The molecule has 0 amide bonds. The summed E-state index contributed by atoms with van der Waals surface area (Å²) in [6, 6.07) is 0. The van der Waals surface area contributed by atoms with Gasteiger partial charge in [-0.3, -0.25) is 9.59 Å². The van der Waals surface area contributed by atoms with Gasteiger partial charge in [0.1, 0.15) is 5.60 Å². The van der Waals surface area contributed by atoms with Crippen LogP contribution < -0.4 is 0 Å². The van der Waals surface area contributed by atoms with Gasteiger partial charge >= 0.3 is 0 Å². The highest BCUT2D eigenvalue weighted by Crippen LogP contribution is 2.50. The third-order valence-electron chi connectivity index (χ3n) is 3.36. The first kappa shape index (κ1) is 13.2. The van der Waals surface area contributed by atoms with Crippen molar-refractivity contribution in [2.45, 2.75) is 25.4 Å². The lowest BCUT2D eigenvalue weighted by molar-refractivity contribution is 0.0219. The number of hydrogen-bond acceptors (Lipinski definition) is 7.